The maximum Gasteiger partial charge on any atom is 0.411 e. The molecule has 1 aromatic carbocycles. The van der Waals surface area contributed by atoms with Crippen LogP contribution >= 0.6 is 0 Å². The Bertz CT molecular complexity index is 580. The van der Waals surface area contributed by atoms with Crippen molar-refractivity contribution in [1.29, 1.82) is 0 Å². The molecule has 106 valence electrons. The lowest BCUT2D eigenvalue weighted by Gasteiger charge is -2.08. The van der Waals surface area contributed by atoms with Gasteiger partial charge >= 0.3 is 6.09 Å². The summed E-state index contributed by atoms with van der Waals surface area (Å²) in [6.45, 7) is 3.59. The SMILES string of the molecule is CCn1cc(CNc2cccc(NC(=O)OC)c2)cn1. The molecule has 0 bridgehead atoms. The van der Waals surface area contributed by atoms with Crippen LogP contribution in [0.4, 0.5) is 16.2 Å². The van der Waals surface area contributed by atoms with Crippen LogP contribution in [0.15, 0.2) is 36.7 Å². The van der Waals surface area contributed by atoms with E-state index in [9.17, 15) is 4.79 Å². The number of nitrogens with zero attached hydrogens (tertiary/aromatic N) is 2. The summed E-state index contributed by atoms with van der Waals surface area (Å²) in [4.78, 5) is 11.1. The fourth-order valence-corrected chi connectivity index (χ4v) is 1.75. The van der Waals surface area contributed by atoms with Crippen molar-refractivity contribution in [2.75, 3.05) is 17.7 Å². The second kappa shape index (κ2) is 6.60. The van der Waals surface area contributed by atoms with Gasteiger partial charge in [-0.3, -0.25) is 10.00 Å². The van der Waals surface area contributed by atoms with Crippen LogP contribution in [0.1, 0.15) is 12.5 Å². The van der Waals surface area contributed by atoms with Gasteiger partial charge in [-0.15, -0.1) is 0 Å². The van der Waals surface area contributed by atoms with Crippen LogP contribution in [-0.2, 0) is 17.8 Å². The fourth-order valence-electron chi connectivity index (χ4n) is 1.75. The summed E-state index contributed by atoms with van der Waals surface area (Å²) in [7, 11) is 1.34. The van der Waals surface area contributed by atoms with Crippen molar-refractivity contribution in [2.24, 2.45) is 0 Å². The van der Waals surface area contributed by atoms with E-state index < -0.39 is 6.09 Å². The van der Waals surface area contributed by atoms with Crippen molar-refractivity contribution in [2.45, 2.75) is 20.0 Å². The van der Waals surface area contributed by atoms with E-state index in [-0.39, 0.29) is 0 Å². The van der Waals surface area contributed by atoms with Gasteiger partial charge in [-0.05, 0) is 25.1 Å². The van der Waals surface area contributed by atoms with Crippen molar-refractivity contribution in [1.82, 2.24) is 9.78 Å². The number of ether oxygens (including phenoxy) is 1. The molecule has 1 heterocycles. The van der Waals surface area contributed by atoms with Gasteiger partial charge in [-0.25, -0.2) is 4.79 Å². The molecule has 0 unspecified atom stereocenters. The first-order valence-corrected chi connectivity index (χ1v) is 6.41. The molecule has 0 aliphatic heterocycles. The van der Waals surface area contributed by atoms with Gasteiger partial charge < -0.3 is 10.1 Å². The molecule has 0 fully saturated rings. The largest absolute Gasteiger partial charge is 0.453 e. The lowest BCUT2D eigenvalue weighted by Crippen LogP contribution is -2.11. The van der Waals surface area contributed by atoms with Crippen LogP contribution in [0.5, 0.6) is 0 Å². The van der Waals surface area contributed by atoms with Crippen molar-refractivity contribution in [3.8, 4) is 0 Å². The first-order chi connectivity index (χ1) is 9.71. The summed E-state index contributed by atoms with van der Waals surface area (Å²) in [5.74, 6) is 0. The van der Waals surface area contributed by atoms with Crippen molar-refractivity contribution in [3.05, 3.63) is 42.2 Å². The highest BCUT2D eigenvalue weighted by molar-refractivity contribution is 5.85. The number of benzene rings is 1. The number of hydrogen-bond donors (Lipinski definition) is 2. The van der Waals surface area contributed by atoms with E-state index in [0.717, 1.165) is 17.8 Å². The number of carbonyl (C=O) groups excluding carboxylic acids is 1. The highest BCUT2D eigenvalue weighted by Crippen LogP contribution is 2.16. The maximum atomic E-state index is 11.1. The Morgan fingerprint density at radius 3 is 2.90 bits per heavy atom. The molecule has 0 radical (unpaired) electrons. The van der Waals surface area contributed by atoms with Crippen LogP contribution in [-0.4, -0.2) is 23.0 Å². The van der Waals surface area contributed by atoms with Crippen LogP contribution in [0, 0.1) is 0 Å². The third kappa shape index (κ3) is 3.74. The van der Waals surface area contributed by atoms with Gasteiger partial charge in [0.1, 0.15) is 0 Å². The standard InChI is InChI=1S/C14H18N4O2/c1-3-18-10-11(9-16-18)8-15-12-5-4-6-13(7-12)17-14(19)20-2/h4-7,9-10,15H,3,8H2,1-2H3,(H,17,19). The Morgan fingerprint density at radius 1 is 1.40 bits per heavy atom. The molecule has 0 aliphatic rings. The van der Waals surface area contributed by atoms with Gasteiger partial charge in [0.15, 0.2) is 0 Å². The summed E-state index contributed by atoms with van der Waals surface area (Å²) in [6, 6.07) is 7.45. The number of anilines is 2. The Hall–Kier alpha value is -2.50. The zero-order valence-corrected chi connectivity index (χ0v) is 11.6. The highest BCUT2D eigenvalue weighted by Gasteiger charge is 2.02. The Labute approximate surface area is 117 Å². The molecule has 0 aliphatic carbocycles. The number of aromatic nitrogens is 2. The molecule has 0 saturated heterocycles. The molecule has 2 rings (SSSR count). The predicted octanol–water partition coefficient (Wildman–Crippen LogP) is 2.69. The van der Waals surface area contributed by atoms with Gasteiger partial charge in [0.25, 0.3) is 0 Å². The van der Waals surface area contributed by atoms with E-state index in [1.165, 1.54) is 7.11 Å². The van der Waals surface area contributed by atoms with Gasteiger partial charge in [-0.2, -0.15) is 5.10 Å². The minimum Gasteiger partial charge on any atom is -0.453 e. The first-order valence-electron chi connectivity index (χ1n) is 6.41. The average Bonchev–Trinajstić information content (AvgIpc) is 2.93. The molecule has 1 amide bonds. The second-order valence-corrected chi connectivity index (χ2v) is 4.26. The van der Waals surface area contributed by atoms with Crippen molar-refractivity contribution >= 4 is 17.5 Å². The average molecular weight is 274 g/mol. The molecule has 20 heavy (non-hydrogen) atoms. The Kier molecular flexibility index (Phi) is 4.60. The molecular formula is C14H18N4O2. The quantitative estimate of drug-likeness (QED) is 0.879. The molecule has 6 nitrogen and oxygen atoms in total. The van der Waals surface area contributed by atoms with E-state index >= 15 is 0 Å². The topological polar surface area (TPSA) is 68.2 Å². The highest BCUT2D eigenvalue weighted by atomic mass is 16.5. The summed E-state index contributed by atoms with van der Waals surface area (Å²) in [6.07, 6.45) is 3.36. The number of nitrogens with one attached hydrogen (secondary N) is 2. The normalized spacial score (nSPS) is 10.1. The number of aryl methyl sites for hydroxylation is 1. The molecule has 0 spiro atoms. The molecule has 2 N–H and O–H groups in total. The van der Waals surface area contributed by atoms with Crippen LogP contribution in [0.2, 0.25) is 0 Å². The number of hydrogen-bond acceptors (Lipinski definition) is 4. The molecule has 2 aromatic rings. The Morgan fingerprint density at radius 2 is 2.20 bits per heavy atom. The number of rotatable bonds is 5. The third-order valence-electron chi connectivity index (χ3n) is 2.80. The minimum absolute atomic E-state index is 0.480. The Balaban J connectivity index is 1.95. The number of carbonyl (C=O) groups is 1. The van der Waals surface area contributed by atoms with Crippen LogP contribution < -0.4 is 10.6 Å². The first kappa shape index (κ1) is 13.9. The number of amides is 1. The van der Waals surface area contributed by atoms with E-state index in [0.29, 0.717) is 12.2 Å². The zero-order chi connectivity index (χ0) is 14.4. The predicted molar refractivity (Wildman–Crippen MR) is 77.7 cm³/mol. The van der Waals surface area contributed by atoms with E-state index in [4.69, 9.17) is 0 Å². The van der Waals surface area contributed by atoms with Crippen LogP contribution in [0.25, 0.3) is 0 Å². The van der Waals surface area contributed by atoms with Gasteiger partial charge in [-0.1, -0.05) is 6.07 Å². The van der Waals surface area contributed by atoms with E-state index in [2.05, 4.69) is 20.5 Å². The van der Waals surface area contributed by atoms with Crippen molar-refractivity contribution in [3.63, 3.8) is 0 Å². The molecule has 1 aromatic heterocycles. The number of methoxy groups -OCH3 is 1. The molecule has 0 atom stereocenters. The van der Waals surface area contributed by atoms with E-state index in [1.807, 2.05) is 42.2 Å². The summed E-state index contributed by atoms with van der Waals surface area (Å²) >= 11 is 0. The maximum absolute atomic E-state index is 11.1. The zero-order valence-electron chi connectivity index (χ0n) is 11.6. The van der Waals surface area contributed by atoms with Gasteiger partial charge in [0, 0.05) is 36.2 Å². The lowest BCUT2D eigenvalue weighted by atomic mass is 10.2. The smallest absolute Gasteiger partial charge is 0.411 e. The van der Waals surface area contributed by atoms with Gasteiger partial charge in [0.05, 0.1) is 13.3 Å². The fraction of sp³-hybridized carbons (Fsp3) is 0.286. The van der Waals surface area contributed by atoms with Gasteiger partial charge in [0.2, 0.25) is 0 Å². The molecule has 6 heteroatoms. The minimum atomic E-state index is -0.480. The molecular weight excluding hydrogens is 256 g/mol. The third-order valence-corrected chi connectivity index (χ3v) is 2.80. The monoisotopic (exact) mass is 274 g/mol. The molecule has 0 saturated carbocycles. The summed E-state index contributed by atoms with van der Waals surface area (Å²) in [5.41, 5.74) is 2.72. The second-order valence-electron chi connectivity index (χ2n) is 4.26. The van der Waals surface area contributed by atoms with E-state index in [1.54, 1.807) is 6.07 Å². The summed E-state index contributed by atoms with van der Waals surface area (Å²) in [5, 5.41) is 10.1. The summed E-state index contributed by atoms with van der Waals surface area (Å²) < 4.78 is 6.44. The lowest BCUT2D eigenvalue weighted by molar-refractivity contribution is 0.187. The van der Waals surface area contributed by atoms with Crippen LogP contribution in [0.3, 0.4) is 0 Å². The van der Waals surface area contributed by atoms with Crippen molar-refractivity contribution < 1.29 is 9.53 Å².